The number of carbonyl (C=O) groups is 1. The quantitative estimate of drug-likeness (QED) is 0.867. The van der Waals surface area contributed by atoms with Crippen molar-refractivity contribution >= 4 is 21.8 Å². The van der Waals surface area contributed by atoms with Crippen molar-refractivity contribution < 1.29 is 14.3 Å². The average molecular weight is 368 g/mol. The summed E-state index contributed by atoms with van der Waals surface area (Å²) in [7, 11) is 0. The van der Waals surface area contributed by atoms with Gasteiger partial charge in [-0.25, -0.2) is 4.98 Å². The molecule has 22 heavy (non-hydrogen) atoms. The van der Waals surface area contributed by atoms with Gasteiger partial charge in [-0.15, -0.1) is 0 Å². The Kier molecular flexibility index (Phi) is 4.35. The number of aliphatic hydroxyl groups is 1. The van der Waals surface area contributed by atoms with E-state index in [-0.39, 0.29) is 11.9 Å². The zero-order valence-electron chi connectivity index (χ0n) is 12.2. The third-order valence-electron chi connectivity index (χ3n) is 4.10. The predicted molar refractivity (Wildman–Crippen MR) is 83.4 cm³/mol. The fourth-order valence-corrected chi connectivity index (χ4v) is 3.50. The standard InChI is InChI=1S/C15H18BrN3O3/c1-9-11(6-14(16)22-9)15(21)18-12-4-10(5-13(12)20)7-19-3-2-17-8-19/h2-3,6,8,10,12-13,20H,4-5,7H2,1H3,(H,18,21)/t10?,12-,13-/m1/s1. The molecule has 1 amide bonds. The molecule has 2 N–H and O–H groups in total. The summed E-state index contributed by atoms with van der Waals surface area (Å²) in [5.74, 6) is 0.679. The van der Waals surface area contributed by atoms with E-state index < -0.39 is 6.10 Å². The molecular weight excluding hydrogens is 350 g/mol. The molecule has 118 valence electrons. The van der Waals surface area contributed by atoms with Crippen LogP contribution >= 0.6 is 15.9 Å². The molecule has 0 radical (unpaired) electrons. The summed E-state index contributed by atoms with van der Waals surface area (Å²) in [5.41, 5.74) is 0.497. The summed E-state index contributed by atoms with van der Waals surface area (Å²) in [6.45, 7) is 2.55. The number of rotatable bonds is 4. The van der Waals surface area contributed by atoms with Crippen LogP contribution in [0.3, 0.4) is 0 Å². The second-order valence-corrected chi connectivity index (χ2v) is 6.55. The van der Waals surface area contributed by atoms with E-state index in [1.165, 1.54) is 0 Å². The first-order valence-electron chi connectivity index (χ1n) is 7.23. The largest absolute Gasteiger partial charge is 0.454 e. The number of hydrogen-bond donors (Lipinski definition) is 2. The summed E-state index contributed by atoms with van der Waals surface area (Å²) in [6, 6.07) is 1.42. The lowest BCUT2D eigenvalue weighted by Gasteiger charge is -2.16. The van der Waals surface area contributed by atoms with Crippen LogP contribution in [0.4, 0.5) is 0 Å². The highest BCUT2D eigenvalue weighted by atomic mass is 79.9. The minimum atomic E-state index is -0.520. The smallest absolute Gasteiger partial charge is 0.255 e. The Balaban J connectivity index is 1.61. The number of aromatic nitrogens is 2. The first kappa shape index (κ1) is 15.3. The van der Waals surface area contributed by atoms with E-state index in [1.807, 2.05) is 10.8 Å². The number of nitrogens with zero attached hydrogens (tertiary/aromatic N) is 2. The average Bonchev–Trinajstić information content (AvgIpc) is 3.14. The van der Waals surface area contributed by atoms with Crippen molar-refractivity contribution in [2.45, 2.75) is 38.5 Å². The lowest BCUT2D eigenvalue weighted by molar-refractivity contribution is 0.0871. The molecule has 1 unspecified atom stereocenters. The van der Waals surface area contributed by atoms with Gasteiger partial charge in [0.2, 0.25) is 0 Å². The number of amides is 1. The van der Waals surface area contributed by atoms with Crippen molar-refractivity contribution in [2.24, 2.45) is 5.92 Å². The monoisotopic (exact) mass is 367 g/mol. The topological polar surface area (TPSA) is 80.3 Å². The maximum atomic E-state index is 12.3. The molecule has 1 aliphatic carbocycles. The van der Waals surface area contributed by atoms with E-state index in [0.29, 0.717) is 28.3 Å². The van der Waals surface area contributed by atoms with Gasteiger partial charge in [-0.1, -0.05) is 0 Å². The molecule has 2 heterocycles. The normalized spacial score (nSPS) is 24.6. The number of carbonyl (C=O) groups excluding carboxylic acids is 1. The third-order valence-corrected chi connectivity index (χ3v) is 4.49. The molecule has 1 aliphatic rings. The SMILES string of the molecule is Cc1oc(Br)cc1C(=O)N[C@@H]1CC(Cn2ccnc2)C[C@H]1O. The Morgan fingerprint density at radius 3 is 3.05 bits per heavy atom. The molecule has 6 nitrogen and oxygen atoms in total. The maximum Gasteiger partial charge on any atom is 0.255 e. The molecule has 0 aliphatic heterocycles. The highest BCUT2D eigenvalue weighted by Gasteiger charge is 2.34. The Morgan fingerprint density at radius 2 is 2.41 bits per heavy atom. The molecule has 1 fully saturated rings. The van der Waals surface area contributed by atoms with Crippen molar-refractivity contribution in [1.82, 2.24) is 14.9 Å². The zero-order chi connectivity index (χ0) is 15.7. The summed E-state index contributed by atoms with van der Waals surface area (Å²) < 4.78 is 7.83. The summed E-state index contributed by atoms with van der Waals surface area (Å²) in [5, 5.41) is 13.1. The van der Waals surface area contributed by atoms with Gasteiger partial charge in [-0.3, -0.25) is 4.79 Å². The molecule has 0 saturated heterocycles. The molecule has 2 aromatic heterocycles. The molecule has 0 spiro atoms. The molecule has 3 atom stereocenters. The van der Waals surface area contributed by atoms with Gasteiger partial charge < -0.3 is 19.4 Å². The number of hydrogen-bond acceptors (Lipinski definition) is 4. The molecule has 2 aromatic rings. The zero-order valence-corrected chi connectivity index (χ0v) is 13.8. The van der Waals surface area contributed by atoms with Crippen molar-refractivity contribution in [1.29, 1.82) is 0 Å². The first-order chi connectivity index (χ1) is 10.5. The molecule has 3 rings (SSSR count). The number of halogens is 1. The maximum absolute atomic E-state index is 12.3. The number of nitrogens with one attached hydrogen (secondary N) is 1. The number of aryl methyl sites for hydroxylation is 1. The van der Waals surface area contributed by atoms with Crippen molar-refractivity contribution in [2.75, 3.05) is 0 Å². The third kappa shape index (κ3) is 3.25. The highest BCUT2D eigenvalue weighted by Crippen LogP contribution is 2.28. The Labute approximate surface area is 136 Å². The molecule has 0 bridgehead atoms. The van der Waals surface area contributed by atoms with Gasteiger partial charge in [-0.05, 0) is 41.6 Å². The van der Waals surface area contributed by atoms with Crippen LogP contribution in [0.1, 0.15) is 29.0 Å². The molecule has 1 saturated carbocycles. The van der Waals surface area contributed by atoms with Crippen LogP contribution in [0.25, 0.3) is 0 Å². The second kappa shape index (κ2) is 6.26. The van der Waals surface area contributed by atoms with Crippen molar-refractivity contribution in [3.05, 3.63) is 40.8 Å². The molecular formula is C15H18BrN3O3. The van der Waals surface area contributed by atoms with Crippen LogP contribution < -0.4 is 5.32 Å². The van der Waals surface area contributed by atoms with E-state index >= 15 is 0 Å². The minimum Gasteiger partial charge on any atom is -0.454 e. The van der Waals surface area contributed by atoms with E-state index in [4.69, 9.17) is 4.42 Å². The second-order valence-electron chi connectivity index (χ2n) is 5.76. The number of imidazole rings is 1. The van der Waals surface area contributed by atoms with Gasteiger partial charge in [0, 0.05) is 25.0 Å². The van der Waals surface area contributed by atoms with Crippen molar-refractivity contribution in [3.63, 3.8) is 0 Å². The van der Waals surface area contributed by atoms with E-state index in [0.717, 1.165) is 13.0 Å². The van der Waals surface area contributed by atoms with E-state index in [9.17, 15) is 9.90 Å². The Morgan fingerprint density at radius 1 is 1.59 bits per heavy atom. The summed E-state index contributed by atoms with van der Waals surface area (Å²) >= 11 is 3.21. The van der Waals surface area contributed by atoms with Gasteiger partial charge >= 0.3 is 0 Å². The van der Waals surface area contributed by atoms with Gasteiger partial charge in [0.15, 0.2) is 4.67 Å². The van der Waals surface area contributed by atoms with Crippen LogP contribution in [0.2, 0.25) is 0 Å². The van der Waals surface area contributed by atoms with E-state index in [1.54, 1.807) is 25.5 Å². The molecule has 0 aromatic carbocycles. The minimum absolute atomic E-state index is 0.209. The summed E-state index contributed by atoms with van der Waals surface area (Å²) in [6.07, 6.45) is 6.33. The van der Waals surface area contributed by atoms with Gasteiger partial charge in [0.25, 0.3) is 5.91 Å². The predicted octanol–water partition coefficient (Wildman–Crippen LogP) is 2.12. The van der Waals surface area contributed by atoms with E-state index in [2.05, 4.69) is 26.2 Å². The number of furan rings is 1. The lowest BCUT2D eigenvalue weighted by Crippen LogP contribution is -2.40. The van der Waals surface area contributed by atoms with Gasteiger partial charge in [0.1, 0.15) is 5.76 Å². The van der Waals surface area contributed by atoms with Crippen molar-refractivity contribution in [3.8, 4) is 0 Å². The Hall–Kier alpha value is -1.60. The lowest BCUT2D eigenvalue weighted by atomic mass is 10.1. The fourth-order valence-electron chi connectivity index (χ4n) is 3.03. The van der Waals surface area contributed by atoms with Crippen LogP contribution in [-0.2, 0) is 6.54 Å². The fraction of sp³-hybridized carbons (Fsp3) is 0.467. The summed E-state index contributed by atoms with van der Waals surface area (Å²) in [4.78, 5) is 16.3. The van der Waals surface area contributed by atoms with Crippen LogP contribution in [0.5, 0.6) is 0 Å². The number of aliphatic hydroxyl groups excluding tert-OH is 1. The van der Waals surface area contributed by atoms with Crippen LogP contribution in [0, 0.1) is 12.8 Å². The van der Waals surface area contributed by atoms with Gasteiger partial charge in [0.05, 0.1) is 24.0 Å². The Bertz CT molecular complexity index is 653. The van der Waals surface area contributed by atoms with Crippen LogP contribution in [-0.4, -0.2) is 32.7 Å². The highest BCUT2D eigenvalue weighted by molar-refractivity contribution is 9.10. The van der Waals surface area contributed by atoms with Crippen LogP contribution in [0.15, 0.2) is 33.9 Å². The van der Waals surface area contributed by atoms with Gasteiger partial charge in [-0.2, -0.15) is 0 Å². The molecule has 7 heteroatoms. The first-order valence-corrected chi connectivity index (χ1v) is 8.03.